The number of benzene rings is 1. The summed E-state index contributed by atoms with van der Waals surface area (Å²) >= 11 is 0. The number of fused-ring (bicyclic) bond motifs is 2. The lowest BCUT2D eigenvalue weighted by Gasteiger charge is -2.39. The topological polar surface area (TPSA) is 69.8 Å². The predicted octanol–water partition coefficient (Wildman–Crippen LogP) is 5.59. The van der Waals surface area contributed by atoms with Crippen LogP contribution in [0.15, 0.2) is 36.7 Å². The van der Waals surface area contributed by atoms with E-state index in [0.29, 0.717) is 11.8 Å². The number of H-pyrrole nitrogens is 2. The maximum atomic E-state index is 5.57. The molecule has 0 radical (unpaired) electrons. The highest BCUT2D eigenvalue weighted by Gasteiger charge is 2.28. The Labute approximate surface area is 194 Å². The van der Waals surface area contributed by atoms with Gasteiger partial charge in [-0.05, 0) is 79.9 Å². The lowest BCUT2D eigenvalue weighted by Crippen LogP contribution is -2.43. The van der Waals surface area contributed by atoms with Gasteiger partial charge in [0.25, 0.3) is 0 Å². The van der Waals surface area contributed by atoms with E-state index < -0.39 is 0 Å². The molecule has 0 bridgehead atoms. The molecule has 3 aromatic heterocycles. The third-order valence-electron chi connectivity index (χ3n) is 7.77. The SMILES string of the molecule is CC(C)c1c(-c2ccnc3[nH]ncc23)[nH]c2ccc(C3CCN(C4CCOCC4)CC3)cc12. The number of likely N-dealkylation sites (tertiary alicyclic amines) is 1. The first-order chi connectivity index (χ1) is 16.2. The molecule has 33 heavy (non-hydrogen) atoms. The van der Waals surface area contributed by atoms with Crippen LogP contribution in [0, 0.1) is 0 Å². The van der Waals surface area contributed by atoms with E-state index in [4.69, 9.17) is 4.74 Å². The van der Waals surface area contributed by atoms with Crippen molar-refractivity contribution in [2.24, 2.45) is 0 Å². The van der Waals surface area contributed by atoms with Crippen LogP contribution in [0.2, 0.25) is 0 Å². The third-order valence-corrected chi connectivity index (χ3v) is 7.77. The molecule has 0 spiro atoms. The van der Waals surface area contributed by atoms with Gasteiger partial charge < -0.3 is 14.6 Å². The van der Waals surface area contributed by atoms with E-state index in [9.17, 15) is 0 Å². The maximum Gasteiger partial charge on any atom is 0.155 e. The van der Waals surface area contributed by atoms with Crippen molar-refractivity contribution >= 4 is 21.9 Å². The fourth-order valence-electron chi connectivity index (χ4n) is 6.01. The number of aromatic nitrogens is 4. The minimum Gasteiger partial charge on any atom is -0.381 e. The van der Waals surface area contributed by atoms with E-state index in [0.717, 1.165) is 30.3 Å². The molecule has 172 valence electrons. The van der Waals surface area contributed by atoms with E-state index in [1.54, 1.807) is 0 Å². The molecule has 2 aliphatic heterocycles. The van der Waals surface area contributed by atoms with Gasteiger partial charge in [0.15, 0.2) is 5.65 Å². The number of piperidine rings is 1. The van der Waals surface area contributed by atoms with Gasteiger partial charge in [0.2, 0.25) is 0 Å². The van der Waals surface area contributed by atoms with Gasteiger partial charge >= 0.3 is 0 Å². The van der Waals surface area contributed by atoms with Crippen molar-refractivity contribution in [2.75, 3.05) is 26.3 Å². The van der Waals surface area contributed by atoms with E-state index in [1.165, 1.54) is 72.1 Å². The molecule has 0 aliphatic carbocycles. The fraction of sp³-hybridized carbons (Fsp3) is 0.481. The van der Waals surface area contributed by atoms with Crippen LogP contribution in [0.4, 0.5) is 0 Å². The Balaban J connectivity index is 1.32. The van der Waals surface area contributed by atoms with Crippen LogP contribution in [-0.4, -0.2) is 57.4 Å². The van der Waals surface area contributed by atoms with Gasteiger partial charge in [0.05, 0.1) is 11.9 Å². The average molecular weight is 444 g/mol. The molecule has 2 fully saturated rings. The summed E-state index contributed by atoms with van der Waals surface area (Å²) < 4.78 is 5.57. The summed E-state index contributed by atoms with van der Waals surface area (Å²) in [5.74, 6) is 1.06. The highest BCUT2D eigenvalue weighted by Crippen LogP contribution is 2.40. The zero-order valence-electron chi connectivity index (χ0n) is 19.6. The number of aromatic amines is 2. The number of nitrogens with zero attached hydrogens (tertiary/aromatic N) is 3. The number of hydrogen-bond acceptors (Lipinski definition) is 4. The van der Waals surface area contributed by atoms with Crippen molar-refractivity contribution in [3.8, 4) is 11.3 Å². The molecule has 0 amide bonds. The summed E-state index contributed by atoms with van der Waals surface area (Å²) in [4.78, 5) is 10.9. The molecule has 2 aliphatic rings. The molecule has 1 aromatic carbocycles. The van der Waals surface area contributed by atoms with Crippen LogP contribution in [0.25, 0.3) is 33.2 Å². The Morgan fingerprint density at radius 3 is 2.64 bits per heavy atom. The van der Waals surface area contributed by atoms with Crippen LogP contribution < -0.4 is 0 Å². The lowest BCUT2D eigenvalue weighted by molar-refractivity contribution is 0.0252. The molecule has 6 nitrogen and oxygen atoms in total. The molecule has 6 rings (SSSR count). The van der Waals surface area contributed by atoms with Crippen LogP contribution >= 0.6 is 0 Å². The second-order valence-electron chi connectivity index (χ2n) is 10.0. The van der Waals surface area contributed by atoms with Gasteiger partial charge in [0.1, 0.15) is 0 Å². The van der Waals surface area contributed by atoms with E-state index in [1.807, 2.05) is 12.4 Å². The molecular weight excluding hydrogens is 410 g/mol. The summed E-state index contributed by atoms with van der Waals surface area (Å²) in [5.41, 5.74) is 7.29. The molecule has 0 atom stereocenters. The van der Waals surface area contributed by atoms with Gasteiger partial charge in [-0.15, -0.1) is 0 Å². The van der Waals surface area contributed by atoms with E-state index in [2.05, 4.69) is 63.2 Å². The molecule has 5 heterocycles. The third kappa shape index (κ3) is 3.75. The maximum absolute atomic E-state index is 5.57. The minimum absolute atomic E-state index is 0.412. The molecule has 0 saturated carbocycles. The van der Waals surface area contributed by atoms with E-state index >= 15 is 0 Å². The zero-order chi connectivity index (χ0) is 22.4. The quantitative estimate of drug-likeness (QED) is 0.431. The molecule has 0 unspecified atom stereocenters. The highest BCUT2D eigenvalue weighted by atomic mass is 16.5. The van der Waals surface area contributed by atoms with Gasteiger partial charge in [-0.25, -0.2) is 4.98 Å². The van der Waals surface area contributed by atoms with Crippen molar-refractivity contribution in [1.29, 1.82) is 0 Å². The molecule has 2 N–H and O–H groups in total. The summed E-state index contributed by atoms with van der Waals surface area (Å²) in [5, 5.41) is 9.64. The normalized spacial score (nSPS) is 19.2. The second-order valence-corrected chi connectivity index (χ2v) is 10.0. The fourth-order valence-corrected chi connectivity index (χ4v) is 6.01. The molecule has 6 heteroatoms. The smallest absolute Gasteiger partial charge is 0.155 e. The van der Waals surface area contributed by atoms with Gasteiger partial charge in [-0.2, -0.15) is 5.10 Å². The summed E-state index contributed by atoms with van der Waals surface area (Å²) in [6, 6.07) is 9.93. The Morgan fingerprint density at radius 1 is 1.03 bits per heavy atom. The van der Waals surface area contributed by atoms with Crippen molar-refractivity contribution < 1.29 is 4.74 Å². The first kappa shape index (κ1) is 20.9. The highest BCUT2D eigenvalue weighted by molar-refractivity contribution is 5.98. The zero-order valence-corrected chi connectivity index (χ0v) is 19.6. The van der Waals surface area contributed by atoms with Crippen molar-refractivity contribution in [1.82, 2.24) is 25.1 Å². The van der Waals surface area contributed by atoms with Crippen LogP contribution in [0.3, 0.4) is 0 Å². The second kappa shape index (κ2) is 8.58. The first-order valence-corrected chi connectivity index (χ1v) is 12.4. The largest absolute Gasteiger partial charge is 0.381 e. The monoisotopic (exact) mass is 443 g/mol. The first-order valence-electron chi connectivity index (χ1n) is 12.4. The van der Waals surface area contributed by atoms with Gasteiger partial charge in [-0.1, -0.05) is 19.9 Å². The Morgan fingerprint density at radius 2 is 1.85 bits per heavy atom. The van der Waals surface area contributed by atoms with E-state index in [-0.39, 0.29) is 0 Å². The van der Waals surface area contributed by atoms with Gasteiger partial charge in [0, 0.05) is 47.3 Å². The lowest BCUT2D eigenvalue weighted by atomic mass is 9.86. The molecule has 2 saturated heterocycles. The Kier molecular flexibility index (Phi) is 5.43. The Hall–Kier alpha value is -2.70. The van der Waals surface area contributed by atoms with Crippen LogP contribution in [0.5, 0.6) is 0 Å². The summed E-state index contributed by atoms with van der Waals surface area (Å²) in [6.07, 6.45) is 8.63. The average Bonchev–Trinajstić information content (AvgIpc) is 3.49. The van der Waals surface area contributed by atoms with Crippen molar-refractivity contribution in [3.05, 3.63) is 47.8 Å². The number of hydrogen-bond donors (Lipinski definition) is 2. The number of rotatable bonds is 4. The summed E-state index contributed by atoms with van der Waals surface area (Å²) in [7, 11) is 0. The summed E-state index contributed by atoms with van der Waals surface area (Å²) in [6.45, 7) is 8.85. The number of ether oxygens (including phenoxy) is 1. The molecular formula is C27H33N5O. The number of pyridine rings is 1. The van der Waals surface area contributed by atoms with Crippen molar-refractivity contribution in [2.45, 2.75) is 57.4 Å². The standard InChI is InChI=1S/C27H33N5O/c1-17(2)25-22-15-19(18-6-11-32(12-7-18)20-8-13-33-14-9-20)3-4-24(22)30-26(25)21-5-10-28-27-23(21)16-29-31-27/h3-5,10,15-18,20,30H,6-9,11-14H2,1-2H3,(H,28,29,31). The van der Waals surface area contributed by atoms with Crippen molar-refractivity contribution in [3.63, 3.8) is 0 Å². The predicted molar refractivity (Wildman–Crippen MR) is 133 cm³/mol. The van der Waals surface area contributed by atoms with Gasteiger partial charge in [-0.3, -0.25) is 5.10 Å². The van der Waals surface area contributed by atoms with Crippen LogP contribution in [0.1, 0.15) is 62.5 Å². The molecule has 4 aromatic rings. The van der Waals surface area contributed by atoms with Crippen LogP contribution in [-0.2, 0) is 4.74 Å². The number of nitrogens with one attached hydrogen (secondary N) is 2. The Bertz CT molecular complexity index is 1260. The minimum atomic E-state index is 0.412.